The number of carbonyl (C=O) groups is 1. The molecule has 0 aromatic rings. The van der Waals surface area contributed by atoms with Gasteiger partial charge in [-0.25, -0.2) is 8.42 Å². The van der Waals surface area contributed by atoms with Crippen molar-refractivity contribution in [1.29, 1.82) is 0 Å². The smallest absolute Gasteiger partial charge is 0.726 e. The van der Waals surface area contributed by atoms with Crippen LogP contribution in [0.4, 0.5) is 0 Å². The molecule has 25 heavy (non-hydrogen) atoms. The Balaban J connectivity index is -0.000000704. The Morgan fingerprint density at radius 2 is 1.28 bits per heavy atom. The molecule has 0 aliphatic rings. The zero-order valence-corrected chi connectivity index (χ0v) is 18.8. The first-order valence-corrected chi connectivity index (χ1v) is 10.2. The standard InChI is InChI=1S/C14H30O4S.C3H5NO.Na/c1-2-3-4-5-6-7-8-9-10-11-12-13-14-18-19(15,16)17;1-2-3(4)5;/h2-14H2,1H3,(H,15,16,17);2H,1H2,(H2,4,5);/q;;+1/p-1. The van der Waals surface area contributed by atoms with Crippen molar-refractivity contribution < 1.29 is 51.5 Å². The minimum Gasteiger partial charge on any atom is -0.726 e. The molecule has 1 amide bonds. The molecule has 0 aromatic carbocycles. The second-order valence-electron chi connectivity index (χ2n) is 5.73. The van der Waals surface area contributed by atoms with Crippen LogP contribution in [0.15, 0.2) is 12.7 Å². The average Bonchev–Trinajstić information content (AvgIpc) is 2.51. The Hall–Kier alpha value is 0.0800. The molecule has 0 saturated carbocycles. The van der Waals surface area contributed by atoms with Crippen molar-refractivity contribution in [3.05, 3.63) is 12.7 Å². The van der Waals surface area contributed by atoms with Crippen LogP contribution in [-0.2, 0) is 19.4 Å². The second kappa shape index (κ2) is 22.1. The SMILES string of the molecule is C=CC(N)=O.CCCCCCCCCCCCCCOS(=O)(=O)[O-].[Na+]. The van der Waals surface area contributed by atoms with Crippen molar-refractivity contribution in [2.45, 2.75) is 84.0 Å². The van der Waals surface area contributed by atoms with E-state index >= 15 is 0 Å². The van der Waals surface area contributed by atoms with Gasteiger partial charge in [-0.1, -0.05) is 84.1 Å². The number of hydrogen-bond acceptors (Lipinski definition) is 5. The van der Waals surface area contributed by atoms with Crippen molar-refractivity contribution in [2.24, 2.45) is 5.73 Å². The van der Waals surface area contributed by atoms with E-state index < -0.39 is 16.3 Å². The van der Waals surface area contributed by atoms with Crippen molar-refractivity contribution in [3.63, 3.8) is 0 Å². The molecular weight excluding hydrogens is 353 g/mol. The number of primary amides is 1. The molecule has 0 bridgehead atoms. The summed E-state index contributed by atoms with van der Waals surface area (Å²) in [5, 5.41) is 0. The van der Waals surface area contributed by atoms with Crippen molar-refractivity contribution in [1.82, 2.24) is 0 Å². The third-order valence-electron chi connectivity index (χ3n) is 3.43. The van der Waals surface area contributed by atoms with Crippen LogP contribution in [0.25, 0.3) is 0 Å². The van der Waals surface area contributed by atoms with Crippen LogP contribution in [0.5, 0.6) is 0 Å². The van der Waals surface area contributed by atoms with E-state index in [9.17, 15) is 17.8 Å². The van der Waals surface area contributed by atoms with E-state index in [-0.39, 0.29) is 36.2 Å². The Morgan fingerprint density at radius 3 is 1.56 bits per heavy atom. The molecule has 0 aromatic heterocycles. The van der Waals surface area contributed by atoms with Crippen LogP contribution >= 0.6 is 0 Å². The van der Waals surface area contributed by atoms with E-state index in [1.807, 2.05) is 0 Å². The van der Waals surface area contributed by atoms with Gasteiger partial charge in [0.15, 0.2) is 0 Å². The Labute approximate surface area is 176 Å². The van der Waals surface area contributed by atoms with Gasteiger partial charge in [-0.2, -0.15) is 0 Å². The third kappa shape index (κ3) is 35.9. The summed E-state index contributed by atoms with van der Waals surface area (Å²) in [6.07, 6.45) is 15.6. The number of carbonyl (C=O) groups excluding carboxylic acids is 1. The number of unbranched alkanes of at least 4 members (excludes halogenated alkanes) is 11. The molecule has 0 radical (unpaired) electrons. The van der Waals surface area contributed by atoms with Gasteiger partial charge in [0, 0.05) is 0 Å². The molecular formula is C17H34NNaO5S. The first kappa shape index (κ1) is 29.8. The van der Waals surface area contributed by atoms with Crippen molar-refractivity contribution >= 4 is 16.3 Å². The van der Waals surface area contributed by atoms with E-state index in [0.717, 1.165) is 18.9 Å². The fourth-order valence-electron chi connectivity index (χ4n) is 2.10. The summed E-state index contributed by atoms with van der Waals surface area (Å²) in [4.78, 5) is 9.47. The normalized spacial score (nSPS) is 10.3. The molecule has 0 rings (SSSR count). The topological polar surface area (TPSA) is 110 Å². The van der Waals surface area contributed by atoms with Crippen LogP contribution in [0.2, 0.25) is 0 Å². The molecule has 0 aliphatic carbocycles. The van der Waals surface area contributed by atoms with Gasteiger partial charge in [-0.15, -0.1) is 0 Å². The maximum Gasteiger partial charge on any atom is 1.00 e. The number of rotatable bonds is 15. The molecule has 0 aliphatic heterocycles. The van der Waals surface area contributed by atoms with Crippen LogP contribution in [-0.4, -0.2) is 25.5 Å². The molecule has 8 heteroatoms. The first-order valence-electron chi connectivity index (χ1n) is 8.85. The quantitative estimate of drug-likeness (QED) is 0.147. The van der Waals surface area contributed by atoms with E-state index in [1.165, 1.54) is 57.8 Å². The molecule has 0 saturated heterocycles. The molecule has 0 heterocycles. The van der Waals surface area contributed by atoms with E-state index in [2.05, 4.69) is 23.4 Å². The average molecular weight is 388 g/mol. The molecule has 2 N–H and O–H groups in total. The predicted octanol–water partition coefficient (Wildman–Crippen LogP) is 0.826. The van der Waals surface area contributed by atoms with Crippen molar-refractivity contribution in [2.75, 3.05) is 6.61 Å². The number of nitrogens with two attached hydrogens (primary N) is 1. The summed E-state index contributed by atoms with van der Waals surface area (Å²) >= 11 is 0. The summed E-state index contributed by atoms with van der Waals surface area (Å²) in [5.41, 5.74) is 4.53. The van der Waals surface area contributed by atoms with Crippen LogP contribution < -0.4 is 35.3 Å². The first-order chi connectivity index (χ1) is 11.3. The van der Waals surface area contributed by atoms with Crippen molar-refractivity contribution in [3.8, 4) is 0 Å². The molecule has 0 atom stereocenters. The van der Waals surface area contributed by atoms with E-state index in [0.29, 0.717) is 6.42 Å². The Morgan fingerprint density at radius 1 is 0.960 bits per heavy atom. The Kier molecular flexibility index (Phi) is 26.4. The molecule has 0 spiro atoms. The zero-order valence-electron chi connectivity index (χ0n) is 16.0. The van der Waals surface area contributed by atoms with E-state index in [1.54, 1.807) is 0 Å². The van der Waals surface area contributed by atoms with Crippen LogP contribution in [0.1, 0.15) is 84.0 Å². The zero-order chi connectivity index (χ0) is 18.7. The van der Waals surface area contributed by atoms with Crippen LogP contribution in [0.3, 0.4) is 0 Å². The van der Waals surface area contributed by atoms with Gasteiger partial charge in [0.25, 0.3) is 0 Å². The molecule has 6 nitrogen and oxygen atoms in total. The van der Waals surface area contributed by atoms with Gasteiger partial charge in [-0.3, -0.25) is 8.98 Å². The predicted molar refractivity (Wildman–Crippen MR) is 96.1 cm³/mol. The maximum absolute atomic E-state index is 10.2. The summed E-state index contributed by atoms with van der Waals surface area (Å²) in [5.74, 6) is -0.481. The summed E-state index contributed by atoms with van der Waals surface area (Å²) in [7, 11) is -4.49. The largest absolute Gasteiger partial charge is 1.00 e. The van der Waals surface area contributed by atoms with Crippen LogP contribution in [0, 0.1) is 0 Å². The Bertz CT molecular complexity index is 402. The molecule has 144 valence electrons. The van der Waals surface area contributed by atoms with Gasteiger partial charge in [0.1, 0.15) is 0 Å². The molecule has 0 fully saturated rings. The summed E-state index contributed by atoms with van der Waals surface area (Å²) < 4.78 is 34.6. The fraction of sp³-hybridized carbons (Fsp3) is 0.824. The number of amides is 1. The molecule has 0 unspecified atom stereocenters. The summed E-state index contributed by atoms with van der Waals surface area (Å²) in [6.45, 7) is 5.35. The van der Waals surface area contributed by atoms with Gasteiger partial charge in [-0.05, 0) is 12.5 Å². The second-order valence-corrected chi connectivity index (χ2v) is 6.78. The fourth-order valence-corrected chi connectivity index (χ4v) is 2.43. The minimum absolute atomic E-state index is 0. The van der Waals surface area contributed by atoms with Gasteiger partial charge >= 0.3 is 29.6 Å². The maximum atomic E-state index is 10.2. The minimum atomic E-state index is -4.49. The number of hydrogen-bond donors (Lipinski definition) is 1. The van der Waals surface area contributed by atoms with Gasteiger partial charge < -0.3 is 10.3 Å². The monoisotopic (exact) mass is 387 g/mol. The van der Waals surface area contributed by atoms with Gasteiger partial charge in [0.05, 0.1) is 6.61 Å². The van der Waals surface area contributed by atoms with Gasteiger partial charge in [0.2, 0.25) is 16.3 Å². The summed E-state index contributed by atoms with van der Waals surface area (Å²) in [6, 6.07) is 0. The van der Waals surface area contributed by atoms with E-state index in [4.69, 9.17) is 0 Å². The third-order valence-corrected chi connectivity index (χ3v) is 3.88.